The predicted octanol–water partition coefficient (Wildman–Crippen LogP) is 4.43. The molecule has 2 aromatic carbocycles. The van der Waals surface area contributed by atoms with Gasteiger partial charge in [0.2, 0.25) is 5.16 Å². The molecule has 2 heterocycles. The number of aromatic nitrogens is 3. The Morgan fingerprint density at radius 3 is 2.60 bits per heavy atom. The SMILES string of the molecule is C[C@H](Oc1ccc(Cl)cc1)c1nnc2n1N=C(c1ccccc1)CS2. The molecule has 0 saturated carbocycles. The fourth-order valence-electron chi connectivity index (χ4n) is 2.54. The van der Waals surface area contributed by atoms with Gasteiger partial charge in [-0.1, -0.05) is 53.7 Å². The molecule has 0 unspecified atom stereocenters. The summed E-state index contributed by atoms with van der Waals surface area (Å²) in [5.74, 6) is 2.17. The van der Waals surface area contributed by atoms with Gasteiger partial charge >= 0.3 is 0 Å². The van der Waals surface area contributed by atoms with Crippen molar-refractivity contribution in [2.75, 3.05) is 5.75 Å². The summed E-state index contributed by atoms with van der Waals surface area (Å²) in [4.78, 5) is 0. The van der Waals surface area contributed by atoms with Crippen LogP contribution in [0.1, 0.15) is 24.4 Å². The minimum absolute atomic E-state index is 0.290. The van der Waals surface area contributed by atoms with Gasteiger partial charge in [-0.05, 0) is 36.8 Å². The second kappa shape index (κ2) is 6.90. The molecule has 1 aliphatic rings. The summed E-state index contributed by atoms with van der Waals surface area (Å²) < 4.78 is 7.74. The van der Waals surface area contributed by atoms with Crippen LogP contribution >= 0.6 is 23.4 Å². The van der Waals surface area contributed by atoms with E-state index in [-0.39, 0.29) is 6.10 Å². The van der Waals surface area contributed by atoms with Gasteiger partial charge in [-0.3, -0.25) is 0 Å². The molecule has 5 nitrogen and oxygen atoms in total. The normalized spacial score (nSPS) is 14.6. The molecule has 7 heteroatoms. The van der Waals surface area contributed by atoms with Crippen molar-refractivity contribution in [2.45, 2.75) is 18.2 Å². The number of fused-ring (bicyclic) bond motifs is 1. The number of hydrogen-bond acceptors (Lipinski definition) is 5. The second-order valence-electron chi connectivity index (χ2n) is 5.57. The van der Waals surface area contributed by atoms with Crippen LogP contribution in [-0.2, 0) is 0 Å². The van der Waals surface area contributed by atoms with Crippen LogP contribution in [0.15, 0.2) is 64.9 Å². The van der Waals surface area contributed by atoms with Crippen molar-refractivity contribution in [3.05, 3.63) is 71.0 Å². The number of halogens is 1. The molecule has 0 saturated heterocycles. The van der Waals surface area contributed by atoms with E-state index < -0.39 is 0 Å². The molecule has 1 atom stereocenters. The highest BCUT2D eigenvalue weighted by Gasteiger charge is 2.23. The Kier molecular flexibility index (Phi) is 4.46. The lowest BCUT2D eigenvalue weighted by atomic mass is 10.1. The Bertz CT molecular complexity index is 909. The predicted molar refractivity (Wildman–Crippen MR) is 99.6 cm³/mol. The summed E-state index contributed by atoms with van der Waals surface area (Å²) in [6.07, 6.45) is -0.290. The molecule has 0 N–H and O–H groups in total. The first kappa shape index (κ1) is 16.2. The molecule has 0 bridgehead atoms. The highest BCUT2D eigenvalue weighted by molar-refractivity contribution is 7.99. The van der Waals surface area contributed by atoms with Crippen molar-refractivity contribution in [3.63, 3.8) is 0 Å². The molecule has 126 valence electrons. The summed E-state index contributed by atoms with van der Waals surface area (Å²) in [6.45, 7) is 1.93. The van der Waals surface area contributed by atoms with Gasteiger partial charge in [0.25, 0.3) is 0 Å². The third kappa shape index (κ3) is 3.41. The molecule has 4 rings (SSSR count). The zero-order valence-electron chi connectivity index (χ0n) is 13.5. The Labute approximate surface area is 154 Å². The highest BCUT2D eigenvalue weighted by Crippen LogP contribution is 2.28. The molecule has 1 aliphatic heterocycles. The van der Waals surface area contributed by atoms with Crippen molar-refractivity contribution in [1.82, 2.24) is 14.9 Å². The van der Waals surface area contributed by atoms with E-state index in [1.807, 2.05) is 37.3 Å². The monoisotopic (exact) mass is 370 g/mol. The van der Waals surface area contributed by atoms with E-state index in [9.17, 15) is 0 Å². The van der Waals surface area contributed by atoms with Crippen LogP contribution in [0.25, 0.3) is 0 Å². The maximum absolute atomic E-state index is 5.96. The lowest BCUT2D eigenvalue weighted by molar-refractivity contribution is 0.211. The van der Waals surface area contributed by atoms with E-state index in [2.05, 4.69) is 22.3 Å². The highest BCUT2D eigenvalue weighted by atomic mass is 35.5. The minimum Gasteiger partial charge on any atom is -0.483 e. The van der Waals surface area contributed by atoms with Crippen molar-refractivity contribution in [3.8, 4) is 5.75 Å². The minimum atomic E-state index is -0.290. The van der Waals surface area contributed by atoms with Gasteiger partial charge in [0.1, 0.15) is 5.75 Å². The Morgan fingerprint density at radius 1 is 1.08 bits per heavy atom. The van der Waals surface area contributed by atoms with Crippen molar-refractivity contribution in [2.24, 2.45) is 5.10 Å². The summed E-state index contributed by atoms with van der Waals surface area (Å²) in [5.41, 5.74) is 2.10. The van der Waals surface area contributed by atoms with Crippen LogP contribution in [0.3, 0.4) is 0 Å². The quantitative estimate of drug-likeness (QED) is 0.681. The van der Waals surface area contributed by atoms with Crippen molar-refractivity contribution < 1.29 is 4.74 Å². The van der Waals surface area contributed by atoms with Gasteiger partial charge in [0.15, 0.2) is 11.9 Å². The molecule has 0 amide bonds. The van der Waals surface area contributed by atoms with E-state index >= 15 is 0 Å². The Morgan fingerprint density at radius 2 is 1.84 bits per heavy atom. The third-order valence-electron chi connectivity index (χ3n) is 3.79. The molecule has 0 radical (unpaired) electrons. The molecule has 1 aromatic heterocycles. The van der Waals surface area contributed by atoms with Gasteiger partial charge in [-0.15, -0.1) is 10.2 Å². The largest absolute Gasteiger partial charge is 0.483 e. The van der Waals surface area contributed by atoms with Gasteiger partial charge in [-0.25, -0.2) is 0 Å². The van der Waals surface area contributed by atoms with Crippen LogP contribution in [0.5, 0.6) is 5.75 Å². The molecular weight excluding hydrogens is 356 g/mol. The zero-order valence-corrected chi connectivity index (χ0v) is 15.0. The van der Waals surface area contributed by atoms with Crippen LogP contribution in [0, 0.1) is 0 Å². The standard InChI is InChI=1S/C18H15ClN4OS/c1-12(24-15-9-7-14(19)8-10-15)17-20-21-18-23(17)22-16(11-25-18)13-5-3-2-4-6-13/h2-10,12H,11H2,1H3/t12-/m0/s1. The van der Waals surface area contributed by atoms with Gasteiger partial charge in [0.05, 0.1) is 5.71 Å². The number of hydrogen-bond donors (Lipinski definition) is 0. The topological polar surface area (TPSA) is 52.3 Å². The molecular formula is C18H15ClN4OS. The molecule has 0 fully saturated rings. The molecule has 3 aromatic rings. The maximum Gasteiger partial charge on any atom is 0.212 e. The molecule has 25 heavy (non-hydrogen) atoms. The van der Waals surface area contributed by atoms with Gasteiger partial charge in [0, 0.05) is 10.8 Å². The van der Waals surface area contributed by atoms with E-state index in [1.165, 1.54) is 0 Å². The average Bonchev–Trinajstić information content (AvgIpc) is 3.07. The first-order chi connectivity index (χ1) is 12.2. The average molecular weight is 371 g/mol. The molecule has 0 aliphatic carbocycles. The lowest BCUT2D eigenvalue weighted by Gasteiger charge is -2.17. The van der Waals surface area contributed by atoms with E-state index in [1.54, 1.807) is 28.6 Å². The first-order valence-electron chi connectivity index (χ1n) is 7.84. The van der Waals surface area contributed by atoms with Crippen LogP contribution in [-0.4, -0.2) is 26.3 Å². The van der Waals surface area contributed by atoms with Crippen molar-refractivity contribution >= 4 is 29.1 Å². The molecule has 0 spiro atoms. The lowest BCUT2D eigenvalue weighted by Crippen LogP contribution is -2.17. The van der Waals surface area contributed by atoms with E-state index in [0.29, 0.717) is 10.8 Å². The van der Waals surface area contributed by atoms with E-state index in [4.69, 9.17) is 21.4 Å². The van der Waals surface area contributed by atoms with Crippen LogP contribution in [0.2, 0.25) is 5.02 Å². The summed E-state index contributed by atoms with van der Waals surface area (Å²) in [5, 5.41) is 14.7. The summed E-state index contributed by atoms with van der Waals surface area (Å²) in [6, 6.07) is 17.4. The number of benzene rings is 2. The second-order valence-corrected chi connectivity index (χ2v) is 6.95. The number of rotatable bonds is 4. The first-order valence-corrected chi connectivity index (χ1v) is 9.20. The van der Waals surface area contributed by atoms with Crippen LogP contribution in [0.4, 0.5) is 0 Å². The zero-order chi connectivity index (χ0) is 17.2. The Balaban J connectivity index is 1.62. The Hall–Kier alpha value is -2.31. The number of ether oxygens (including phenoxy) is 1. The van der Waals surface area contributed by atoms with Gasteiger partial charge in [-0.2, -0.15) is 9.78 Å². The summed E-state index contributed by atoms with van der Waals surface area (Å²) >= 11 is 7.54. The third-order valence-corrected chi connectivity index (χ3v) is 4.97. The van der Waals surface area contributed by atoms with Crippen molar-refractivity contribution in [1.29, 1.82) is 0 Å². The maximum atomic E-state index is 5.96. The smallest absolute Gasteiger partial charge is 0.212 e. The number of nitrogens with zero attached hydrogens (tertiary/aromatic N) is 4. The van der Waals surface area contributed by atoms with E-state index in [0.717, 1.165) is 27.9 Å². The number of thioether (sulfide) groups is 1. The summed E-state index contributed by atoms with van der Waals surface area (Å²) in [7, 11) is 0. The fourth-order valence-corrected chi connectivity index (χ4v) is 3.51. The van der Waals surface area contributed by atoms with Crippen LogP contribution < -0.4 is 4.74 Å². The fraction of sp³-hybridized carbons (Fsp3) is 0.167. The van der Waals surface area contributed by atoms with Gasteiger partial charge < -0.3 is 4.74 Å².